The van der Waals surface area contributed by atoms with Gasteiger partial charge < -0.3 is 10.1 Å². The number of nitrogens with one attached hydrogen (secondary N) is 1. The standard InChI is InChI=1S/C19H20ClNO2/c1-23-17-10-9-15(20)13-16(17)21-18(22)19(11-5-6-12-19)14-7-3-2-4-8-14/h2-4,7-10,13H,5-6,11-12H2,1H3,(H,21,22). The van der Waals surface area contributed by atoms with Gasteiger partial charge in [-0.25, -0.2) is 0 Å². The zero-order valence-electron chi connectivity index (χ0n) is 13.1. The SMILES string of the molecule is COc1ccc(Cl)cc1NC(=O)C1(c2ccccc2)CCCC1. The molecule has 0 atom stereocenters. The lowest BCUT2D eigenvalue weighted by molar-refractivity contribution is -0.121. The average molecular weight is 330 g/mol. The minimum atomic E-state index is -0.464. The highest BCUT2D eigenvalue weighted by Gasteiger charge is 2.42. The predicted octanol–water partition coefficient (Wildman–Crippen LogP) is 4.80. The number of carbonyl (C=O) groups is 1. The maximum atomic E-state index is 13.1. The third kappa shape index (κ3) is 3.06. The van der Waals surface area contributed by atoms with Crippen LogP contribution in [0.15, 0.2) is 48.5 Å². The number of rotatable bonds is 4. The fraction of sp³-hybridized carbons (Fsp3) is 0.316. The van der Waals surface area contributed by atoms with E-state index < -0.39 is 5.41 Å². The number of amides is 1. The summed E-state index contributed by atoms with van der Waals surface area (Å²) >= 11 is 6.06. The fourth-order valence-electron chi connectivity index (χ4n) is 3.40. The molecular weight excluding hydrogens is 310 g/mol. The quantitative estimate of drug-likeness (QED) is 0.875. The van der Waals surface area contributed by atoms with Crippen LogP contribution >= 0.6 is 11.6 Å². The Morgan fingerprint density at radius 2 is 1.83 bits per heavy atom. The second kappa shape index (κ2) is 6.63. The summed E-state index contributed by atoms with van der Waals surface area (Å²) < 4.78 is 5.33. The molecule has 0 aliphatic heterocycles. The van der Waals surface area contributed by atoms with Crippen molar-refractivity contribution >= 4 is 23.2 Å². The monoisotopic (exact) mass is 329 g/mol. The molecule has 1 fully saturated rings. The van der Waals surface area contributed by atoms with Crippen LogP contribution in [-0.4, -0.2) is 13.0 Å². The first kappa shape index (κ1) is 15.9. The van der Waals surface area contributed by atoms with Gasteiger partial charge in [0.1, 0.15) is 5.75 Å². The van der Waals surface area contributed by atoms with Gasteiger partial charge in [0.25, 0.3) is 0 Å². The van der Waals surface area contributed by atoms with Crippen LogP contribution in [0, 0.1) is 0 Å². The minimum absolute atomic E-state index is 0.0155. The van der Waals surface area contributed by atoms with E-state index in [1.165, 1.54) is 0 Å². The number of ether oxygens (including phenoxy) is 1. The second-order valence-corrected chi connectivity index (χ2v) is 6.39. The molecule has 23 heavy (non-hydrogen) atoms. The van der Waals surface area contributed by atoms with Gasteiger partial charge in [0, 0.05) is 5.02 Å². The first-order valence-corrected chi connectivity index (χ1v) is 8.24. The van der Waals surface area contributed by atoms with Gasteiger partial charge in [0.05, 0.1) is 18.2 Å². The van der Waals surface area contributed by atoms with E-state index in [2.05, 4.69) is 5.32 Å². The summed E-state index contributed by atoms with van der Waals surface area (Å²) in [4.78, 5) is 13.1. The van der Waals surface area contributed by atoms with Crippen molar-refractivity contribution < 1.29 is 9.53 Å². The van der Waals surface area contributed by atoms with Crippen LogP contribution in [0.1, 0.15) is 31.2 Å². The number of anilines is 1. The molecule has 1 saturated carbocycles. The largest absolute Gasteiger partial charge is 0.495 e. The van der Waals surface area contributed by atoms with Crippen molar-refractivity contribution in [3.8, 4) is 5.75 Å². The third-order valence-electron chi connectivity index (χ3n) is 4.63. The molecule has 0 aromatic heterocycles. The van der Waals surface area contributed by atoms with Crippen LogP contribution in [-0.2, 0) is 10.2 Å². The topological polar surface area (TPSA) is 38.3 Å². The Kier molecular flexibility index (Phi) is 4.58. The molecule has 4 heteroatoms. The lowest BCUT2D eigenvalue weighted by Gasteiger charge is -2.28. The van der Waals surface area contributed by atoms with E-state index in [0.717, 1.165) is 31.2 Å². The zero-order chi connectivity index (χ0) is 16.3. The van der Waals surface area contributed by atoms with Crippen LogP contribution in [0.3, 0.4) is 0 Å². The Morgan fingerprint density at radius 3 is 2.48 bits per heavy atom. The molecule has 3 rings (SSSR count). The van der Waals surface area contributed by atoms with Gasteiger partial charge in [-0.15, -0.1) is 0 Å². The van der Waals surface area contributed by atoms with Crippen molar-refractivity contribution in [1.29, 1.82) is 0 Å². The zero-order valence-corrected chi connectivity index (χ0v) is 13.9. The highest BCUT2D eigenvalue weighted by atomic mass is 35.5. The average Bonchev–Trinajstić information content (AvgIpc) is 3.07. The molecule has 0 unspecified atom stereocenters. The van der Waals surface area contributed by atoms with Crippen molar-refractivity contribution in [2.75, 3.05) is 12.4 Å². The molecule has 1 amide bonds. The van der Waals surface area contributed by atoms with Gasteiger partial charge in [0.2, 0.25) is 5.91 Å². The molecule has 120 valence electrons. The maximum absolute atomic E-state index is 13.1. The van der Waals surface area contributed by atoms with E-state index in [1.807, 2.05) is 30.3 Å². The summed E-state index contributed by atoms with van der Waals surface area (Å²) in [6.45, 7) is 0. The molecule has 0 radical (unpaired) electrons. The van der Waals surface area contributed by atoms with E-state index in [4.69, 9.17) is 16.3 Å². The van der Waals surface area contributed by atoms with Crippen molar-refractivity contribution in [2.24, 2.45) is 0 Å². The molecule has 2 aromatic rings. The van der Waals surface area contributed by atoms with Gasteiger partial charge in [-0.1, -0.05) is 54.8 Å². The van der Waals surface area contributed by atoms with E-state index in [0.29, 0.717) is 16.5 Å². The summed E-state index contributed by atoms with van der Waals surface area (Å²) in [5, 5.41) is 3.61. The minimum Gasteiger partial charge on any atom is -0.495 e. The predicted molar refractivity (Wildman–Crippen MR) is 93.2 cm³/mol. The van der Waals surface area contributed by atoms with Crippen LogP contribution in [0.4, 0.5) is 5.69 Å². The van der Waals surface area contributed by atoms with E-state index >= 15 is 0 Å². The molecule has 0 saturated heterocycles. The van der Waals surface area contributed by atoms with Crippen LogP contribution in [0.5, 0.6) is 5.75 Å². The molecule has 0 heterocycles. The van der Waals surface area contributed by atoms with Crippen molar-refractivity contribution in [3.05, 3.63) is 59.1 Å². The summed E-state index contributed by atoms with van der Waals surface area (Å²) in [7, 11) is 1.58. The molecule has 1 aliphatic carbocycles. The Bertz CT molecular complexity index is 694. The fourth-order valence-corrected chi connectivity index (χ4v) is 3.57. The Labute approximate surface area is 141 Å². The van der Waals surface area contributed by atoms with Crippen LogP contribution in [0.2, 0.25) is 5.02 Å². The normalized spacial score (nSPS) is 16.1. The van der Waals surface area contributed by atoms with Crippen LogP contribution in [0.25, 0.3) is 0 Å². The van der Waals surface area contributed by atoms with Gasteiger partial charge in [0.15, 0.2) is 0 Å². The van der Waals surface area contributed by atoms with E-state index in [1.54, 1.807) is 25.3 Å². The Balaban J connectivity index is 1.93. The van der Waals surface area contributed by atoms with E-state index in [-0.39, 0.29) is 5.91 Å². The number of halogens is 1. The summed E-state index contributed by atoms with van der Waals surface area (Å²) in [5.41, 5.74) is 1.23. The lowest BCUT2D eigenvalue weighted by Crippen LogP contribution is -2.38. The molecule has 3 nitrogen and oxygen atoms in total. The molecule has 0 spiro atoms. The molecule has 0 bridgehead atoms. The van der Waals surface area contributed by atoms with Gasteiger partial charge in [-0.2, -0.15) is 0 Å². The van der Waals surface area contributed by atoms with Gasteiger partial charge in [-0.05, 0) is 36.6 Å². The van der Waals surface area contributed by atoms with Crippen molar-refractivity contribution in [2.45, 2.75) is 31.1 Å². The summed E-state index contributed by atoms with van der Waals surface area (Å²) in [6.07, 6.45) is 3.86. The number of benzene rings is 2. The molecule has 2 aromatic carbocycles. The first-order chi connectivity index (χ1) is 11.2. The van der Waals surface area contributed by atoms with Gasteiger partial charge >= 0.3 is 0 Å². The summed E-state index contributed by atoms with van der Waals surface area (Å²) in [5.74, 6) is 0.630. The van der Waals surface area contributed by atoms with E-state index in [9.17, 15) is 4.79 Å². The van der Waals surface area contributed by atoms with Crippen molar-refractivity contribution in [1.82, 2.24) is 0 Å². The first-order valence-electron chi connectivity index (χ1n) is 7.86. The third-order valence-corrected chi connectivity index (χ3v) is 4.86. The maximum Gasteiger partial charge on any atom is 0.235 e. The lowest BCUT2D eigenvalue weighted by atomic mass is 9.78. The highest BCUT2D eigenvalue weighted by Crippen LogP contribution is 2.42. The second-order valence-electron chi connectivity index (χ2n) is 5.95. The Morgan fingerprint density at radius 1 is 1.13 bits per heavy atom. The molecular formula is C19H20ClNO2. The Hall–Kier alpha value is -2.00. The number of carbonyl (C=O) groups excluding carboxylic acids is 1. The number of hydrogen-bond donors (Lipinski definition) is 1. The van der Waals surface area contributed by atoms with Gasteiger partial charge in [-0.3, -0.25) is 4.79 Å². The number of methoxy groups -OCH3 is 1. The smallest absolute Gasteiger partial charge is 0.235 e. The van der Waals surface area contributed by atoms with Crippen LogP contribution < -0.4 is 10.1 Å². The number of hydrogen-bond acceptors (Lipinski definition) is 2. The molecule has 1 N–H and O–H groups in total. The highest BCUT2D eigenvalue weighted by molar-refractivity contribution is 6.31. The summed E-state index contributed by atoms with van der Waals surface area (Å²) in [6, 6.07) is 15.3. The molecule has 1 aliphatic rings. The van der Waals surface area contributed by atoms with Crippen molar-refractivity contribution in [3.63, 3.8) is 0 Å².